The summed E-state index contributed by atoms with van der Waals surface area (Å²) in [6.07, 6.45) is 6.76. The summed E-state index contributed by atoms with van der Waals surface area (Å²) in [6.45, 7) is 0. The SMILES string of the molecule is CN(C)C(=O)c1cccc(NC(=O)c2cncc(-c3cnn(C)c3)c2)c1. The number of anilines is 1. The number of rotatable bonds is 4. The fraction of sp³-hybridized carbons (Fsp3) is 0.158. The normalized spacial score (nSPS) is 10.4. The topological polar surface area (TPSA) is 80.1 Å². The molecule has 0 fully saturated rings. The van der Waals surface area contributed by atoms with Crippen LogP contribution in [0, 0.1) is 0 Å². The van der Waals surface area contributed by atoms with Gasteiger partial charge < -0.3 is 10.2 Å². The molecule has 0 saturated carbocycles. The van der Waals surface area contributed by atoms with E-state index in [9.17, 15) is 9.59 Å². The van der Waals surface area contributed by atoms with Gasteiger partial charge >= 0.3 is 0 Å². The quantitative estimate of drug-likeness (QED) is 0.784. The zero-order valence-electron chi connectivity index (χ0n) is 14.8. The standard InChI is InChI=1S/C19H19N5O2/c1-23(2)19(26)13-5-4-6-17(8-13)22-18(25)15-7-14(9-20-10-15)16-11-21-24(3)12-16/h4-12H,1-3H3,(H,22,25). The van der Waals surface area contributed by atoms with E-state index in [1.807, 2.05) is 13.2 Å². The Labute approximate surface area is 151 Å². The highest BCUT2D eigenvalue weighted by atomic mass is 16.2. The number of nitrogens with one attached hydrogen (secondary N) is 1. The van der Waals surface area contributed by atoms with E-state index in [0.717, 1.165) is 11.1 Å². The first-order valence-electron chi connectivity index (χ1n) is 8.01. The number of pyridine rings is 1. The lowest BCUT2D eigenvalue weighted by atomic mass is 10.1. The summed E-state index contributed by atoms with van der Waals surface area (Å²) in [5.41, 5.74) is 3.18. The molecule has 0 unspecified atom stereocenters. The molecule has 7 nitrogen and oxygen atoms in total. The summed E-state index contributed by atoms with van der Waals surface area (Å²) < 4.78 is 1.69. The largest absolute Gasteiger partial charge is 0.345 e. The number of amides is 2. The summed E-state index contributed by atoms with van der Waals surface area (Å²) in [5.74, 6) is -0.418. The molecule has 3 rings (SSSR count). The second-order valence-electron chi connectivity index (χ2n) is 6.10. The average molecular weight is 349 g/mol. The highest BCUT2D eigenvalue weighted by molar-refractivity contribution is 6.05. The van der Waals surface area contributed by atoms with E-state index in [4.69, 9.17) is 0 Å². The van der Waals surface area contributed by atoms with Crippen molar-refractivity contribution in [2.75, 3.05) is 19.4 Å². The summed E-state index contributed by atoms with van der Waals surface area (Å²) in [4.78, 5) is 30.2. The van der Waals surface area contributed by atoms with Gasteiger partial charge in [0.2, 0.25) is 0 Å². The van der Waals surface area contributed by atoms with Crippen LogP contribution in [-0.2, 0) is 7.05 Å². The van der Waals surface area contributed by atoms with Crippen LogP contribution < -0.4 is 5.32 Å². The Balaban J connectivity index is 1.80. The molecule has 26 heavy (non-hydrogen) atoms. The minimum absolute atomic E-state index is 0.124. The predicted molar refractivity (Wildman–Crippen MR) is 98.9 cm³/mol. The van der Waals surface area contributed by atoms with Gasteiger partial charge in [-0.15, -0.1) is 0 Å². The van der Waals surface area contributed by atoms with Crippen molar-refractivity contribution in [3.8, 4) is 11.1 Å². The van der Waals surface area contributed by atoms with Gasteiger partial charge in [-0.1, -0.05) is 6.07 Å². The van der Waals surface area contributed by atoms with Gasteiger partial charge in [0.1, 0.15) is 0 Å². The van der Waals surface area contributed by atoms with Gasteiger partial charge in [-0.3, -0.25) is 19.3 Å². The molecule has 2 heterocycles. The van der Waals surface area contributed by atoms with E-state index in [-0.39, 0.29) is 11.8 Å². The Kier molecular flexibility index (Phi) is 4.79. The Morgan fingerprint density at radius 3 is 2.54 bits per heavy atom. The van der Waals surface area contributed by atoms with Crippen LogP contribution in [0.3, 0.4) is 0 Å². The third kappa shape index (κ3) is 3.77. The van der Waals surface area contributed by atoms with Gasteiger partial charge in [0.25, 0.3) is 11.8 Å². The molecule has 0 radical (unpaired) electrons. The Morgan fingerprint density at radius 2 is 1.85 bits per heavy atom. The molecule has 0 aliphatic rings. The van der Waals surface area contributed by atoms with Crippen molar-refractivity contribution in [3.05, 3.63) is 66.2 Å². The van der Waals surface area contributed by atoms with Crippen molar-refractivity contribution >= 4 is 17.5 Å². The number of carbonyl (C=O) groups is 2. The first kappa shape index (κ1) is 17.3. The van der Waals surface area contributed by atoms with Gasteiger partial charge in [-0.25, -0.2) is 0 Å². The minimum Gasteiger partial charge on any atom is -0.345 e. The van der Waals surface area contributed by atoms with Crippen LogP contribution in [0.1, 0.15) is 20.7 Å². The zero-order valence-corrected chi connectivity index (χ0v) is 14.8. The Morgan fingerprint density at radius 1 is 1.04 bits per heavy atom. The Hall–Kier alpha value is -3.48. The molecule has 2 amide bonds. The van der Waals surface area contributed by atoms with Gasteiger partial charge in [0.05, 0.1) is 11.8 Å². The van der Waals surface area contributed by atoms with E-state index in [2.05, 4.69) is 15.4 Å². The molecule has 0 atom stereocenters. The first-order chi connectivity index (χ1) is 12.4. The van der Waals surface area contributed by atoms with Crippen LogP contribution in [0.4, 0.5) is 5.69 Å². The van der Waals surface area contributed by atoms with Crippen molar-refractivity contribution in [2.24, 2.45) is 7.05 Å². The van der Waals surface area contributed by atoms with Crippen molar-refractivity contribution in [1.29, 1.82) is 0 Å². The maximum atomic E-state index is 12.6. The lowest BCUT2D eigenvalue weighted by Crippen LogP contribution is -2.22. The molecule has 0 spiro atoms. The first-order valence-corrected chi connectivity index (χ1v) is 8.01. The van der Waals surface area contributed by atoms with E-state index in [1.54, 1.807) is 61.5 Å². The van der Waals surface area contributed by atoms with E-state index >= 15 is 0 Å². The monoisotopic (exact) mass is 349 g/mol. The molecular weight excluding hydrogens is 330 g/mol. The maximum Gasteiger partial charge on any atom is 0.257 e. The van der Waals surface area contributed by atoms with Crippen LogP contribution in [0.2, 0.25) is 0 Å². The number of hydrogen-bond acceptors (Lipinski definition) is 4. The third-order valence-electron chi connectivity index (χ3n) is 3.81. The van der Waals surface area contributed by atoms with Crippen LogP contribution in [0.25, 0.3) is 11.1 Å². The van der Waals surface area contributed by atoms with Crippen LogP contribution in [0.15, 0.2) is 55.1 Å². The summed E-state index contributed by atoms with van der Waals surface area (Å²) in [5, 5.41) is 6.93. The smallest absolute Gasteiger partial charge is 0.257 e. The number of carbonyl (C=O) groups excluding carboxylic acids is 2. The lowest BCUT2D eigenvalue weighted by Gasteiger charge is -2.12. The molecule has 1 N–H and O–H groups in total. The minimum atomic E-state index is -0.294. The fourth-order valence-corrected chi connectivity index (χ4v) is 2.48. The molecule has 3 aromatic rings. The molecule has 0 aliphatic carbocycles. The van der Waals surface area contributed by atoms with Crippen molar-refractivity contribution in [3.63, 3.8) is 0 Å². The highest BCUT2D eigenvalue weighted by Crippen LogP contribution is 2.19. The molecule has 7 heteroatoms. The zero-order chi connectivity index (χ0) is 18.7. The van der Waals surface area contributed by atoms with E-state index < -0.39 is 0 Å². The molecule has 0 saturated heterocycles. The second-order valence-corrected chi connectivity index (χ2v) is 6.10. The summed E-state index contributed by atoms with van der Waals surface area (Å²) in [7, 11) is 5.20. The maximum absolute atomic E-state index is 12.6. The number of nitrogens with zero attached hydrogens (tertiary/aromatic N) is 4. The number of aryl methyl sites for hydroxylation is 1. The number of hydrogen-bond donors (Lipinski definition) is 1. The van der Waals surface area contributed by atoms with Crippen LogP contribution >= 0.6 is 0 Å². The molecular formula is C19H19N5O2. The van der Waals surface area contributed by atoms with Crippen molar-refractivity contribution in [1.82, 2.24) is 19.7 Å². The average Bonchev–Trinajstić information content (AvgIpc) is 3.08. The van der Waals surface area contributed by atoms with Crippen LogP contribution in [0.5, 0.6) is 0 Å². The van der Waals surface area contributed by atoms with Crippen LogP contribution in [-0.4, -0.2) is 45.6 Å². The molecule has 1 aromatic carbocycles. The molecule has 0 aliphatic heterocycles. The number of benzene rings is 1. The highest BCUT2D eigenvalue weighted by Gasteiger charge is 2.12. The van der Waals surface area contributed by atoms with Gasteiger partial charge in [-0.05, 0) is 24.3 Å². The lowest BCUT2D eigenvalue weighted by molar-refractivity contribution is 0.0827. The van der Waals surface area contributed by atoms with Crippen molar-refractivity contribution < 1.29 is 9.59 Å². The summed E-state index contributed by atoms with van der Waals surface area (Å²) in [6, 6.07) is 8.59. The van der Waals surface area contributed by atoms with Gasteiger partial charge in [0.15, 0.2) is 0 Å². The fourth-order valence-electron chi connectivity index (χ4n) is 2.48. The third-order valence-corrected chi connectivity index (χ3v) is 3.81. The Bertz CT molecular complexity index is 962. The van der Waals surface area contributed by atoms with E-state index in [1.165, 1.54) is 11.1 Å². The molecule has 2 aromatic heterocycles. The summed E-state index contributed by atoms with van der Waals surface area (Å²) >= 11 is 0. The van der Waals surface area contributed by atoms with Crippen molar-refractivity contribution in [2.45, 2.75) is 0 Å². The molecule has 132 valence electrons. The van der Waals surface area contributed by atoms with E-state index in [0.29, 0.717) is 16.8 Å². The van der Waals surface area contributed by atoms with Gasteiger partial charge in [0, 0.05) is 62.1 Å². The number of aromatic nitrogens is 3. The molecule has 0 bridgehead atoms. The van der Waals surface area contributed by atoms with Gasteiger partial charge in [-0.2, -0.15) is 5.10 Å². The second kappa shape index (κ2) is 7.18. The predicted octanol–water partition coefficient (Wildman–Crippen LogP) is 2.44.